The molecule has 0 saturated carbocycles. The van der Waals surface area contributed by atoms with Crippen LogP contribution in [0.15, 0.2) is 36.9 Å². The fourth-order valence-electron chi connectivity index (χ4n) is 1.82. The minimum Gasteiger partial charge on any atom is -0.336 e. The second kappa shape index (κ2) is 6.12. The van der Waals surface area contributed by atoms with Gasteiger partial charge in [-0.25, -0.2) is 9.37 Å². The number of hydrogen-bond acceptors (Lipinski definition) is 3. The number of hydrogen-bond donors (Lipinski definition) is 1. The van der Waals surface area contributed by atoms with Crippen LogP contribution in [-0.2, 0) is 13.1 Å². The van der Waals surface area contributed by atoms with Crippen molar-refractivity contribution >= 4 is 0 Å². The minimum absolute atomic E-state index is 0.198. The van der Waals surface area contributed by atoms with Crippen molar-refractivity contribution in [1.29, 1.82) is 5.26 Å². The zero-order valence-electron chi connectivity index (χ0n) is 10.7. The number of rotatable bonds is 5. The molecular formula is C14H15FN4. The Hall–Kier alpha value is -2.19. The minimum atomic E-state index is -0.346. The van der Waals surface area contributed by atoms with Gasteiger partial charge in [-0.1, -0.05) is 6.07 Å². The first-order valence-corrected chi connectivity index (χ1v) is 6.06. The monoisotopic (exact) mass is 258 g/mol. The van der Waals surface area contributed by atoms with Gasteiger partial charge in [0.05, 0.1) is 18.0 Å². The van der Waals surface area contributed by atoms with E-state index in [2.05, 4.69) is 10.3 Å². The Kier molecular flexibility index (Phi) is 4.26. The summed E-state index contributed by atoms with van der Waals surface area (Å²) in [5.41, 5.74) is 0.907. The van der Waals surface area contributed by atoms with E-state index >= 15 is 0 Å². The number of nitrogens with zero attached hydrogens (tertiary/aromatic N) is 3. The average molecular weight is 258 g/mol. The molecule has 19 heavy (non-hydrogen) atoms. The molecule has 1 atom stereocenters. The van der Waals surface area contributed by atoms with Gasteiger partial charge in [-0.2, -0.15) is 5.26 Å². The van der Waals surface area contributed by atoms with Gasteiger partial charge in [0.1, 0.15) is 5.82 Å². The molecule has 0 aliphatic heterocycles. The highest BCUT2D eigenvalue weighted by Crippen LogP contribution is 2.10. The van der Waals surface area contributed by atoms with Crippen molar-refractivity contribution < 1.29 is 4.39 Å². The molecule has 2 aromatic rings. The molecular weight excluding hydrogens is 243 g/mol. The van der Waals surface area contributed by atoms with Crippen LogP contribution in [0, 0.1) is 17.1 Å². The summed E-state index contributed by atoms with van der Waals surface area (Å²) in [6.45, 7) is 3.24. The van der Waals surface area contributed by atoms with Crippen molar-refractivity contribution in [3.63, 3.8) is 0 Å². The van der Waals surface area contributed by atoms with Gasteiger partial charge in [0.25, 0.3) is 0 Å². The summed E-state index contributed by atoms with van der Waals surface area (Å²) in [7, 11) is 0. The highest BCUT2D eigenvalue weighted by atomic mass is 19.1. The number of imidazole rings is 1. The Morgan fingerprint density at radius 1 is 1.53 bits per heavy atom. The van der Waals surface area contributed by atoms with E-state index in [0.717, 1.165) is 6.54 Å². The second-order valence-electron chi connectivity index (χ2n) is 4.46. The molecule has 0 radical (unpaired) electrons. The normalized spacial score (nSPS) is 12.1. The summed E-state index contributed by atoms with van der Waals surface area (Å²) in [6, 6.07) is 6.65. The van der Waals surface area contributed by atoms with Crippen molar-refractivity contribution in [3.05, 3.63) is 53.9 Å². The molecule has 5 heteroatoms. The smallest absolute Gasteiger partial charge is 0.129 e. The first-order valence-electron chi connectivity index (χ1n) is 6.06. The predicted octanol–water partition coefficient (Wildman–Crippen LogP) is 2.07. The number of nitrogens with one attached hydrogen (secondary N) is 1. The maximum absolute atomic E-state index is 13.7. The molecule has 2 rings (SSSR count). The number of nitriles is 1. The van der Waals surface area contributed by atoms with E-state index in [-0.39, 0.29) is 11.9 Å². The van der Waals surface area contributed by atoms with Gasteiger partial charge in [0.2, 0.25) is 0 Å². The van der Waals surface area contributed by atoms with E-state index in [0.29, 0.717) is 17.7 Å². The second-order valence-corrected chi connectivity index (χ2v) is 4.46. The zero-order chi connectivity index (χ0) is 13.7. The van der Waals surface area contributed by atoms with Crippen LogP contribution < -0.4 is 5.32 Å². The number of aromatic nitrogens is 2. The first kappa shape index (κ1) is 13.2. The van der Waals surface area contributed by atoms with E-state index in [1.165, 1.54) is 6.07 Å². The third-order valence-electron chi connectivity index (χ3n) is 2.87. The summed E-state index contributed by atoms with van der Waals surface area (Å²) >= 11 is 0. The average Bonchev–Trinajstić information content (AvgIpc) is 2.90. The lowest BCUT2D eigenvalue weighted by atomic mass is 10.1. The van der Waals surface area contributed by atoms with E-state index in [1.54, 1.807) is 24.7 Å². The quantitative estimate of drug-likeness (QED) is 0.893. The number of benzene rings is 1. The third-order valence-corrected chi connectivity index (χ3v) is 2.87. The van der Waals surface area contributed by atoms with Crippen LogP contribution in [0.5, 0.6) is 0 Å². The van der Waals surface area contributed by atoms with E-state index in [9.17, 15) is 4.39 Å². The predicted molar refractivity (Wildman–Crippen MR) is 69.6 cm³/mol. The maximum Gasteiger partial charge on any atom is 0.129 e. The van der Waals surface area contributed by atoms with Gasteiger partial charge in [-0.3, -0.25) is 0 Å². The van der Waals surface area contributed by atoms with Gasteiger partial charge in [-0.15, -0.1) is 0 Å². The molecule has 0 spiro atoms. The van der Waals surface area contributed by atoms with Crippen molar-refractivity contribution in [3.8, 4) is 6.07 Å². The standard InChI is InChI=1S/C14H15FN4/c1-11(9-19-5-4-17-10-19)18-8-13-3-2-12(7-16)6-14(13)15/h2-6,10-11,18H,8-9H2,1H3. The molecule has 0 saturated heterocycles. The lowest BCUT2D eigenvalue weighted by molar-refractivity contribution is 0.468. The maximum atomic E-state index is 13.7. The highest BCUT2D eigenvalue weighted by molar-refractivity contribution is 5.32. The fraction of sp³-hybridized carbons (Fsp3) is 0.286. The molecule has 4 nitrogen and oxygen atoms in total. The molecule has 1 heterocycles. The van der Waals surface area contributed by atoms with Gasteiger partial charge in [-0.05, 0) is 19.1 Å². The Bertz CT molecular complexity index is 572. The molecule has 0 aliphatic rings. The first-order chi connectivity index (χ1) is 9.19. The lowest BCUT2D eigenvalue weighted by Crippen LogP contribution is -2.29. The fourth-order valence-corrected chi connectivity index (χ4v) is 1.82. The summed E-state index contributed by atoms with van der Waals surface area (Å²) in [6.07, 6.45) is 5.37. The molecule has 0 aliphatic carbocycles. The molecule has 0 fully saturated rings. The van der Waals surface area contributed by atoms with Crippen LogP contribution in [0.3, 0.4) is 0 Å². The molecule has 0 bridgehead atoms. The Balaban J connectivity index is 1.90. The topological polar surface area (TPSA) is 53.6 Å². The van der Waals surface area contributed by atoms with Gasteiger partial charge >= 0.3 is 0 Å². The summed E-state index contributed by atoms with van der Waals surface area (Å²) < 4.78 is 15.6. The van der Waals surface area contributed by atoms with Crippen LogP contribution >= 0.6 is 0 Å². The third kappa shape index (κ3) is 3.63. The molecule has 1 aromatic carbocycles. The molecule has 98 valence electrons. The highest BCUT2D eigenvalue weighted by Gasteiger charge is 2.06. The Labute approximate surface area is 111 Å². The largest absolute Gasteiger partial charge is 0.336 e. The van der Waals surface area contributed by atoms with Crippen molar-refractivity contribution in [2.24, 2.45) is 0 Å². The zero-order valence-corrected chi connectivity index (χ0v) is 10.7. The van der Waals surface area contributed by atoms with Crippen LogP contribution in [0.2, 0.25) is 0 Å². The van der Waals surface area contributed by atoms with Gasteiger partial charge in [0, 0.05) is 37.1 Å². The molecule has 0 amide bonds. The summed E-state index contributed by atoms with van der Waals surface area (Å²) in [4.78, 5) is 3.97. The Morgan fingerprint density at radius 3 is 3.00 bits per heavy atom. The van der Waals surface area contributed by atoms with E-state index < -0.39 is 0 Å². The molecule has 1 N–H and O–H groups in total. The van der Waals surface area contributed by atoms with E-state index in [4.69, 9.17) is 5.26 Å². The lowest BCUT2D eigenvalue weighted by Gasteiger charge is -2.14. The summed E-state index contributed by atoms with van der Waals surface area (Å²) in [5, 5.41) is 11.9. The van der Waals surface area contributed by atoms with Crippen molar-refractivity contribution in [2.45, 2.75) is 26.1 Å². The van der Waals surface area contributed by atoms with Gasteiger partial charge < -0.3 is 9.88 Å². The van der Waals surface area contributed by atoms with E-state index in [1.807, 2.05) is 23.8 Å². The SMILES string of the molecule is CC(Cn1ccnc1)NCc1ccc(C#N)cc1F. The summed E-state index contributed by atoms with van der Waals surface area (Å²) in [5.74, 6) is -0.346. The molecule has 1 unspecified atom stereocenters. The van der Waals surface area contributed by atoms with Crippen LogP contribution in [-0.4, -0.2) is 15.6 Å². The van der Waals surface area contributed by atoms with Crippen LogP contribution in [0.1, 0.15) is 18.1 Å². The van der Waals surface area contributed by atoms with Gasteiger partial charge in [0.15, 0.2) is 0 Å². The number of halogens is 1. The Morgan fingerprint density at radius 2 is 2.37 bits per heavy atom. The van der Waals surface area contributed by atoms with Crippen molar-refractivity contribution in [1.82, 2.24) is 14.9 Å². The van der Waals surface area contributed by atoms with Crippen LogP contribution in [0.25, 0.3) is 0 Å². The molecule has 1 aromatic heterocycles. The van der Waals surface area contributed by atoms with Crippen LogP contribution in [0.4, 0.5) is 4.39 Å². The van der Waals surface area contributed by atoms with Crippen molar-refractivity contribution in [2.75, 3.05) is 0 Å².